The van der Waals surface area contributed by atoms with Crippen LogP contribution in [0.4, 0.5) is 0 Å². The molecule has 0 amide bonds. The van der Waals surface area contributed by atoms with Crippen LogP contribution in [0.1, 0.15) is 46.0 Å². The van der Waals surface area contributed by atoms with E-state index in [0.29, 0.717) is 0 Å². The number of hydrogen-bond donors (Lipinski definition) is 0. The second-order valence-corrected chi connectivity index (χ2v) is 5.31. The Balaban J connectivity index is 1.85. The van der Waals surface area contributed by atoms with Gasteiger partial charge in [0.15, 0.2) is 0 Å². The summed E-state index contributed by atoms with van der Waals surface area (Å²) in [6.07, 6.45) is 7.31. The molecule has 2 fully saturated rings. The summed E-state index contributed by atoms with van der Waals surface area (Å²) in [4.78, 5) is 2.75. The molecule has 0 aromatic rings. The van der Waals surface area contributed by atoms with Gasteiger partial charge in [0.2, 0.25) is 0 Å². The van der Waals surface area contributed by atoms with Crippen LogP contribution >= 0.6 is 0 Å². The lowest BCUT2D eigenvalue weighted by atomic mass is 9.86. The Hall–Kier alpha value is -0.0400. The van der Waals surface area contributed by atoms with E-state index in [0.717, 1.165) is 17.9 Å². The van der Waals surface area contributed by atoms with Gasteiger partial charge in [-0.1, -0.05) is 26.7 Å². The van der Waals surface area contributed by atoms with Gasteiger partial charge in [-0.25, -0.2) is 0 Å². The number of hydrogen-bond acceptors (Lipinski definition) is 1. The summed E-state index contributed by atoms with van der Waals surface area (Å²) in [5.74, 6) is 1.94. The van der Waals surface area contributed by atoms with Gasteiger partial charge in [-0.15, -0.1) is 0 Å². The van der Waals surface area contributed by atoms with E-state index in [4.69, 9.17) is 0 Å². The minimum absolute atomic E-state index is 0.939. The second-order valence-electron chi connectivity index (χ2n) is 5.31. The average molecular weight is 181 g/mol. The van der Waals surface area contributed by atoms with Gasteiger partial charge in [-0.3, -0.25) is 0 Å². The first kappa shape index (κ1) is 9.51. The Labute approximate surface area is 82.5 Å². The topological polar surface area (TPSA) is 3.24 Å². The maximum absolute atomic E-state index is 2.75. The van der Waals surface area contributed by atoms with Crippen LogP contribution in [-0.2, 0) is 0 Å². The molecule has 0 N–H and O–H groups in total. The predicted octanol–water partition coefficient (Wildman–Crippen LogP) is 2.91. The summed E-state index contributed by atoms with van der Waals surface area (Å²) >= 11 is 0. The molecule has 1 heterocycles. The van der Waals surface area contributed by atoms with E-state index in [2.05, 4.69) is 18.7 Å². The van der Waals surface area contributed by atoms with Crippen LogP contribution < -0.4 is 0 Å². The highest BCUT2D eigenvalue weighted by Gasteiger charge is 2.28. The Morgan fingerprint density at radius 1 is 1.00 bits per heavy atom. The molecule has 1 saturated carbocycles. The molecular weight excluding hydrogens is 158 g/mol. The number of rotatable bonds is 1. The van der Waals surface area contributed by atoms with Crippen LogP contribution in [0.3, 0.4) is 0 Å². The van der Waals surface area contributed by atoms with E-state index in [9.17, 15) is 0 Å². The molecule has 0 radical (unpaired) electrons. The summed E-state index contributed by atoms with van der Waals surface area (Å²) in [6, 6.07) is 0.939. The summed E-state index contributed by atoms with van der Waals surface area (Å²) < 4.78 is 0. The zero-order valence-corrected chi connectivity index (χ0v) is 9.13. The number of nitrogens with zero attached hydrogens (tertiary/aromatic N) is 1. The lowest BCUT2D eigenvalue weighted by molar-refractivity contribution is 0.159. The fourth-order valence-electron chi connectivity index (χ4n) is 3.03. The van der Waals surface area contributed by atoms with Gasteiger partial charge in [-0.2, -0.15) is 0 Å². The highest BCUT2D eigenvalue weighted by atomic mass is 15.2. The smallest absolute Gasteiger partial charge is 0.00979 e. The first-order valence-electron chi connectivity index (χ1n) is 5.99. The Morgan fingerprint density at radius 3 is 2.46 bits per heavy atom. The molecule has 0 aromatic heterocycles. The van der Waals surface area contributed by atoms with Crippen LogP contribution in [0.5, 0.6) is 0 Å². The molecule has 1 aliphatic carbocycles. The van der Waals surface area contributed by atoms with Crippen molar-refractivity contribution in [2.24, 2.45) is 11.8 Å². The van der Waals surface area contributed by atoms with Crippen LogP contribution in [-0.4, -0.2) is 24.0 Å². The minimum Gasteiger partial charge on any atom is -0.300 e. The third kappa shape index (κ3) is 2.25. The van der Waals surface area contributed by atoms with E-state index >= 15 is 0 Å². The van der Waals surface area contributed by atoms with Crippen molar-refractivity contribution in [2.75, 3.05) is 13.1 Å². The molecular formula is C12H23N. The molecule has 1 heteroatoms. The van der Waals surface area contributed by atoms with Gasteiger partial charge in [0.1, 0.15) is 0 Å². The quantitative estimate of drug-likeness (QED) is 0.601. The van der Waals surface area contributed by atoms with Crippen LogP contribution in [0, 0.1) is 11.8 Å². The van der Waals surface area contributed by atoms with E-state index in [1.165, 1.54) is 45.2 Å². The van der Waals surface area contributed by atoms with Crippen LogP contribution in [0.15, 0.2) is 0 Å². The molecule has 0 aromatic carbocycles. The summed E-state index contributed by atoms with van der Waals surface area (Å²) in [5, 5.41) is 0. The van der Waals surface area contributed by atoms with Crippen LogP contribution in [0.2, 0.25) is 0 Å². The SMILES string of the molecule is CC1CCCC(N2CCC(C)C2)C1. The van der Waals surface area contributed by atoms with Gasteiger partial charge in [-0.05, 0) is 37.6 Å². The van der Waals surface area contributed by atoms with Crippen molar-refractivity contribution >= 4 is 0 Å². The summed E-state index contributed by atoms with van der Waals surface area (Å²) in [6.45, 7) is 7.56. The minimum atomic E-state index is 0.939. The van der Waals surface area contributed by atoms with Crippen molar-refractivity contribution in [3.05, 3.63) is 0 Å². The molecule has 0 bridgehead atoms. The van der Waals surface area contributed by atoms with Crippen molar-refractivity contribution in [1.82, 2.24) is 4.90 Å². The normalized spacial score (nSPS) is 42.5. The summed E-state index contributed by atoms with van der Waals surface area (Å²) in [7, 11) is 0. The Bertz CT molecular complexity index is 167. The molecule has 1 aliphatic heterocycles. The largest absolute Gasteiger partial charge is 0.300 e. The first-order valence-corrected chi connectivity index (χ1v) is 5.99. The lowest BCUT2D eigenvalue weighted by Crippen LogP contribution is -2.36. The monoisotopic (exact) mass is 181 g/mol. The number of likely N-dealkylation sites (tertiary alicyclic amines) is 1. The van der Waals surface area contributed by atoms with E-state index < -0.39 is 0 Å². The van der Waals surface area contributed by atoms with Gasteiger partial charge >= 0.3 is 0 Å². The fourth-order valence-corrected chi connectivity index (χ4v) is 3.03. The molecule has 1 saturated heterocycles. The average Bonchev–Trinajstić information content (AvgIpc) is 2.52. The van der Waals surface area contributed by atoms with Gasteiger partial charge in [0, 0.05) is 12.6 Å². The predicted molar refractivity (Wildman–Crippen MR) is 56.8 cm³/mol. The Kier molecular flexibility index (Phi) is 2.92. The highest BCUT2D eigenvalue weighted by Crippen LogP contribution is 2.30. The first-order chi connectivity index (χ1) is 6.25. The van der Waals surface area contributed by atoms with Crippen molar-refractivity contribution in [1.29, 1.82) is 0 Å². The van der Waals surface area contributed by atoms with Crippen molar-refractivity contribution in [2.45, 2.75) is 52.0 Å². The molecule has 76 valence electrons. The Morgan fingerprint density at radius 2 is 1.85 bits per heavy atom. The van der Waals surface area contributed by atoms with Crippen LogP contribution in [0.25, 0.3) is 0 Å². The molecule has 13 heavy (non-hydrogen) atoms. The second kappa shape index (κ2) is 4.00. The van der Waals surface area contributed by atoms with E-state index in [1.807, 2.05) is 0 Å². The molecule has 2 aliphatic rings. The molecule has 2 rings (SSSR count). The van der Waals surface area contributed by atoms with Gasteiger partial charge < -0.3 is 4.90 Å². The third-order valence-corrected chi connectivity index (χ3v) is 3.88. The van der Waals surface area contributed by atoms with Crippen molar-refractivity contribution < 1.29 is 0 Å². The summed E-state index contributed by atoms with van der Waals surface area (Å²) in [5.41, 5.74) is 0. The zero-order valence-electron chi connectivity index (χ0n) is 9.13. The maximum atomic E-state index is 2.75. The van der Waals surface area contributed by atoms with Gasteiger partial charge in [0.25, 0.3) is 0 Å². The van der Waals surface area contributed by atoms with Gasteiger partial charge in [0.05, 0.1) is 0 Å². The molecule has 1 nitrogen and oxygen atoms in total. The molecule has 3 atom stereocenters. The van der Waals surface area contributed by atoms with E-state index in [-0.39, 0.29) is 0 Å². The van der Waals surface area contributed by atoms with E-state index in [1.54, 1.807) is 0 Å². The highest BCUT2D eigenvalue weighted by molar-refractivity contribution is 4.83. The maximum Gasteiger partial charge on any atom is 0.00979 e. The molecule has 3 unspecified atom stereocenters. The fraction of sp³-hybridized carbons (Fsp3) is 1.00. The lowest BCUT2D eigenvalue weighted by Gasteiger charge is -2.34. The van der Waals surface area contributed by atoms with Crippen molar-refractivity contribution in [3.63, 3.8) is 0 Å². The zero-order chi connectivity index (χ0) is 9.26. The third-order valence-electron chi connectivity index (χ3n) is 3.88. The van der Waals surface area contributed by atoms with Crippen molar-refractivity contribution in [3.8, 4) is 0 Å². The molecule has 0 spiro atoms. The standard InChI is InChI=1S/C12H23N/c1-10-4-3-5-12(8-10)13-7-6-11(2)9-13/h10-12H,3-9H2,1-2H3.